The Bertz CT molecular complexity index is 1440. The summed E-state index contributed by atoms with van der Waals surface area (Å²) in [5, 5.41) is 0. The summed E-state index contributed by atoms with van der Waals surface area (Å²) in [5.74, 6) is 7.99. The molecule has 0 bridgehead atoms. The van der Waals surface area contributed by atoms with E-state index in [2.05, 4.69) is 88.2 Å². The van der Waals surface area contributed by atoms with Gasteiger partial charge >= 0.3 is 0 Å². The molecule has 0 heterocycles. The van der Waals surface area contributed by atoms with Crippen LogP contribution in [0.25, 0.3) is 0 Å². The average Bonchev–Trinajstić information content (AvgIpc) is 2.89. The molecule has 0 N–H and O–H groups in total. The minimum absolute atomic E-state index is 0. The van der Waals surface area contributed by atoms with Crippen LogP contribution >= 0.6 is 0 Å². The molecule has 0 aromatic heterocycles. The quantitative estimate of drug-likeness (QED) is 0.102. The fourth-order valence-corrected chi connectivity index (χ4v) is 4.32. The molecule has 0 fully saturated rings. The first-order valence-electron chi connectivity index (χ1n) is 12.6. The molecule has 13 heteroatoms. The van der Waals surface area contributed by atoms with Gasteiger partial charge in [0, 0.05) is 235 Å². The van der Waals surface area contributed by atoms with Crippen LogP contribution in [0.3, 0.4) is 0 Å². The zero-order valence-corrected chi connectivity index (χ0v) is 47.1. The smallest absolute Gasteiger partial charge is 0.113 e. The molecule has 45 heavy (non-hydrogen) atoms. The van der Waals surface area contributed by atoms with Crippen LogP contribution in [-0.2, 0) is 229 Å². The summed E-state index contributed by atoms with van der Waals surface area (Å²) in [6.07, 6.45) is 20.4. The second-order valence-electron chi connectivity index (χ2n) is 10.5. The van der Waals surface area contributed by atoms with Gasteiger partial charge < -0.3 is 9.48 Å². The number of aryl methyl sites for hydroxylation is 2. The summed E-state index contributed by atoms with van der Waals surface area (Å²) in [7, 11) is 17.1. The number of hydrogen-bond donors (Lipinski definition) is 0. The summed E-state index contributed by atoms with van der Waals surface area (Å²) >= 11 is 0. The van der Waals surface area contributed by atoms with Gasteiger partial charge in [-0.25, -0.2) is 6.07 Å². The zero-order valence-electron chi connectivity index (χ0n) is 27.3. The molecular formula is C32H30B4N2Y7-3. The maximum absolute atomic E-state index is 6.10. The van der Waals surface area contributed by atoms with Crippen LogP contribution in [-0.4, -0.2) is 53.9 Å². The maximum Gasteiger partial charge on any atom is 0.113 e. The molecule has 1 aliphatic rings. The van der Waals surface area contributed by atoms with Gasteiger partial charge in [-0.05, 0) is 52.5 Å². The number of anilines is 1. The van der Waals surface area contributed by atoms with Crippen LogP contribution in [0.5, 0.6) is 0 Å². The average molecular weight is 1110 g/mol. The summed E-state index contributed by atoms with van der Waals surface area (Å²) < 4.78 is 1.98. The van der Waals surface area contributed by atoms with Gasteiger partial charge in [-0.2, -0.15) is 70.3 Å². The Hall–Kier alpha value is 4.24. The molecule has 2 aromatic rings. The predicted molar refractivity (Wildman–Crippen MR) is 165 cm³/mol. The van der Waals surface area contributed by atoms with Crippen molar-refractivity contribution in [3.8, 4) is 24.2 Å². The fraction of sp³-hybridized carbons (Fsp3) is 0.281. The Balaban J connectivity index is -0.000000762. The minimum atomic E-state index is -0.451. The van der Waals surface area contributed by atoms with Gasteiger partial charge in [-0.1, -0.05) is 52.0 Å². The van der Waals surface area contributed by atoms with Crippen molar-refractivity contribution in [3.05, 3.63) is 88.7 Å². The Morgan fingerprint density at radius 1 is 1.04 bits per heavy atom. The van der Waals surface area contributed by atoms with E-state index >= 15 is 0 Å². The molecule has 0 spiro atoms. The van der Waals surface area contributed by atoms with Crippen molar-refractivity contribution in [1.82, 2.24) is 0 Å². The van der Waals surface area contributed by atoms with E-state index in [0.717, 1.165) is 35.2 Å². The van der Waals surface area contributed by atoms with E-state index in [1.807, 2.05) is 41.8 Å². The van der Waals surface area contributed by atoms with Gasteiger partial charge in [-0.15, -0.1) is 24.3 Å². The van der Waals surface area contributed by atoms with Crippen LogP contribution in [0, 0.1) is 61.8 Å². The van der Waals surface area contributed by atoms with Crippen LogP contribution < -0.4 is 10.4 Å². The third kappa shape index (κ3) is 19.8. The Kier molecular flexibility index (Phi) is 38.6. The Morgan fingerprint density at radius 3 is 2.27 bits per heavy atom. The number of hydrogen-bond acceptors (Lipinski definition) is 1. The van der Waals surface area contributed by atoms with Crippen molar-refractivity contribution in [2.75, 3.05) is 19.0 Å². The monoisotopic (exact) mass is 1110 g/mol. The molecule has 0 saturated heterocycles. The fourth-order valence-electron chi connectivity index (χ4n) is 4.32. The molecule has 0 aliphatic heterocycles. The van der Waals surface area contributed by atoms with Gasteiger partial charge in [0.25, 0.3) is 0 Å². The van der Waals surface area contributed by atoms with Crippen molar-refractivity contribution in [3.63, 3.8) is 0 Å². The second-order valence-corrected chi connectivity index (χ2v) is 10.5. The number of allylic oxidation sites excluding steroid dienone is 5. The summed E-state index contributed by atoms with van der Waals surface area (Å²) in [5.41, 5.74) is 8.32. The topological polar surface area (TPSA) is 6.25 Å². The van der Waals surface area contributed by atoms with E-state index in [1.165, 1.54) is 29.3 Å². The van der Waals surface area contributed by atoms with Crippen LogP contribution in [0.1, 0.15) is 43.4 Å². The van der Waals surface area contributed by atoms with E-state index < -0.39 is 6.49 Å². The van der Waals surface area contributed by atoms with Gasteiger partial charge in [0.2, 0.25) is 0 Å². The number of rotatable bonds is 7. The van der Waals surface area contributed by atoms with E-state index in [0.29, 0.717) is 0 Å². The first-order chi connectivity index (χ1) is 18.0. The summed E-state index contributed by atoms with van der Waals surface area (Å²) in [6, 6.07) is 14.4. The third-order valence-corrected chi connectivity index (χ3v) is 6.56. The largest absolute Gasteiger partial charge is 0.479 e. The van der Waals surface area contributed by atoms with Crippen molar-refractivity contribution >= 4 is 52.1 Å². The third-order valence-electron chi connectivity index (χ3n) is 6.56. The van der Waals surface area contributed by atoms with Gasteiger partial charge in [0.05, 0.1) is 0 Å². The van der Waals surface area contributed by atoms with E-state index in [4.69, 9.17) is 21.9 Å². The zero-order chi connectivity index (χ0) is 27.9. The molecular weight excluding hydrogens is 1080 g/mol. The molecule has 2 nitrogen and oxygen atoms in total. The Labute approximate surface area is 453 Å². The first kappa shape index (κ1) is 58.5. The summed E-state index contributed by atoms with van der Waals surface area (Å²) in [4.78, 5) is 1.88. The predicted octanol–water partition coefficient (Wildman–Crippen LogP) is 3.87. The van der Waals surface area contributed by atoms with Crippen molar-refractivity contribution in [1.29, 1.82) is 0 Å². The van der Waals surface area contributed by atoms with Crippen molar-refractivity contribution < 1.29 is 234 Å². The molecule has 3 rings (SSSR count). The SMILES string of the molecule is [B][B]B([B])c1c[c-]c(N(C)[C-]=CC2=CC(=C[C-]=[N+](C)c3[c-]cc(C)c(C)c3)CC(C)(C)C2)cc1C#CC#C.[Y].[Y].[Y].[Y].[Y].[Y].[Y]. The Morgan fingerprint density at radius 2 is 1.69 bits per heavy atom. The molecule has 0 amide bonds. The molecule has 12 radical (unpaired) electrons. The van der Waals surface area contributed by atoms with E-state index in [-0.39, 0.29) is 234 Å². The van der Waals surface area contributed by atoms with Gasteiger partial charge in [0.1, 0.15) is 13.3 Å². The van der Waals surface area contributed by atoms with E-state index in [9.17, 15) is 0 Å². The standard InChI is InChI=1S/C32H30B4N2.7Y/c1-8-9-10-28-21-30(13-14-31(28)36(34)35-33)38(7)18-16-27-20-26(22-32(4,5)23-27)15-17-37(6)29-12-11-24(2)25(3)19-29;;;;;;;/h1,11,14-16,19-21H,22-23H2,2-7H3;;;;;;;/q-3;;;;;;;. The normalized spacial score (nSPS) is 13.4. The molecule has 0 atom stereocenters. The van der Waals surface area contributed by atoms with Crippen molar-refractivity contribution in [2.24, 2.45) is 5.41 Å². The number of terminal acetylenes is 1. The maximum atomic E-state index is 6.10. The molecule has 0 saturated carbocycles. The van der Waals surface area contributed by atoms with Gasteiger partial charge in [0.15, 0.2) is 0 Å². The minimum Gasteiger partial charge on any atom is -0.479 e. The van der Waals surface area contributed by atoms with Crippen LogP contribution in [0.4, 0.5) is 11.4 Å². The molecule has 2 aromatic carbocycles. The van der Waals surface area contributed by atoms with Crippen LogP contribution in [0.15, 0.2) is 53.6 Å². The summed E-state index contributed by atoms with van der Waals surface area (Å²) in [6.45, 7) is 8.33. The van der Waals surface area contributed by atoms with E-state index in [1.54, 1.807) is 6.07 Å². The molecule has 204 valence electrons. The first-order valence-corrected chi connectivity index (χ1v) is 12.6. The molecule has 0 unspecified atom stereocenters. The number of nitrogens with zero attached hydrogens (tertiary/aromatic N) is 2. The number of benzene rings is 2. The molecule has 1 aliphatic carbocycles. The van der Waals surface area contributed by atoms with Crippen molar-refractivity contribution in [2.45, 2.75) is 40.5 Å². The van der Waals surface area contributed by atoms with Gasteiger partial charge in [-0.3, -0.25) is 0 Å². The second kappa shape index (κ2) is 29.7. The van der Waals surface area contributed by atoms with Crippen LogP contribution in [0.2, 0.25) is 0 Å².